The van der Waals surface area contributed by atoms with Crippen LogP contribution in [0, 0.1) is 0 Å². The molecule has 3 rings (SSSR count). The molecule has 10 nitrogen and oxygen atoms in total. The number of rotatable bonds is 14. The predicted molar refractivity (Wildman–Crippen MR) is 135 cm³/mol. The summed E-state index contributed by atoms with van der Waals surface area (Å²) in [5.74, 6) is -1.19. The van der Waals surface area contributed by atoms with Crippen LogP contribution >= 0.6 is 0 Å². The Bertz CT molecular complexity index is 1090. The highest BCUT2D eigenvalue weighted by atomic mass is 32.2. The summed E-state index contributed by atoms with van der Waals surface area (Å²) < 4.78 is 82.6. The molecule has 0 aliphatic carbocycles. The summed E-state index contributed by atoms with van der Waals surface area (Å²) in [4.78, 5) is 0. The molecule has 2 aromatic carbocycles. The maximum Gasteiger partial charge on any atom is 0.264 e. The van der Waals surface area contributed by atoms with E-state index >= 15 is 0 Å². The minimum Gasteiger partial charge on any atom is -0.374 e. The summed E-state index contributed by atoms with van der Waals surface area (Å²) in [6.07, 6.45) is -2.56. The fraction of sp³-hybridized carbons (Fsp3) is 0.520. The van der Waals surface area contributed by atoms with Crippen molar-refractivity contribution in [3.05, 3.63) is 71.8 Å². The molecule has 0 radical (unpaired) electrons. The van der Waals surface area contributed by atoms with Gasteiger partial charge in [-0.05, 0) is 25.0 Å². The molecule has 1 fully saturated rings. The lowest BCUT2D eigenvalue weighted by Gasteiger charge is -2.29. The van der Waals surface area contributed by atoms with Crippen molar-refractivity contribution >= 4 is 20.2 Å². The SMILES string of the molecule is CC1(C)O[C@H]([C@@H](COCc2ccccc2)OS(C)(=O)=O)[C@@H]([C@@H](COCc2ccccc2)OS(C)(=O)=O)O1. The molecule has 0 aromatic heterocycles. The van der Waals surface area contributed by atoms with Crippen LogP contribution in [0.25, 0.3) is 0 Å². The molecular formula is C25H34O10S2. The Morgan fingerprint density at radius 1 is 0.703 bits per heavy atom. The van der Waals surface area contributed by atoms with Crippen LogP contribution in [0.1, 0.15) is 25.0 Å². The zero-order valence-electron chi connectivity index (χ0n) is 21.3. The molecule has 12 heteroatoms. The summed E-state index contributed by atoms with van der Waals surface area (Å²) in [5, 5.41) is 0. The molecule has 0 bridgehead atoms. The quantitative estimate of drug-likeness (QED) is 0.320. The van der Waals surface area contributed by atoms with Gasteiger partial charge in [0, 0.05) is 0 Å². The minimum atomic E-state index is -3.94. The third kappa shape index (κ3) is 10.4. The third-order valence-electron chi connectivity index (χ3n) is 5.28. The monoisotopic (exact) mass is 558 g/mol. The second kappa shape index (κ2) is 12.8. The second-order valence-corrected chi connectivity index (χ2v) is 12.4. The van der Waals surface area contributed by atoms with Crippen molar-refractivity contribution in [1.82, 2.24) is 0 Å². The molecule has 1 aliphatic rings. The fourth-order valence-electron chi connectivity index (χ4n) is 3.93. The first-order chi connectivity index (χ1) is 17.3. The highest BCUT2D eigenvalue weighted by Gasteiger charge is 2.51. The molecule has 37 heavy (non-hydrogen) atoms. The highest BCUT2D eigenvalue weighted by Crippen LogP contribution is 2.35. The Kier molecular flexibility index (Phi) is 10.2. The maximum atomic E-state index is 12.1. The zero-order valence-corrected chi connectivity index (χ0v) is 22.9. The summed E-state index contributed by atoms with van der Waals surface area (Å²) >= 11 is 0. The van der Waals surface area contributed by atoms with Gasteiger partial charge in [0.1, 0.15) is 24.4 Å². The topological polar surface area (TPSA) is 124 Å². The smallest absolute Gasteiger partial charge is 0.264 e. The molecule has 2 aromatic rings. The average Bonchev–Trinajstić information content (AvgIpc) is 3.13. The molecule has 1 saturated heterocycles. The molecule has 0 spiro atoms. The van der Waals surface area contributed by atoms with Crippen LogP contribution in [0.2, 0.25) is 0 Å². The van der Waals surface area contributed by atoms with Gasteiger partial charge in [-0.2, -0.15) is 16.8 Å². The minimum absolute atomic E-state index is 0.168. The normalized spacial score (nSPS) is 21.5. The molecule has 1 heterocycles. The summed E-state index contributed by atoms with van der Waals surface area (Å²) in [5.41, 5.74) is 1.77. The highest BCUT2D eigenvalue weighted by molar-refractivity contribution is 7.86. The Labute approximate surface area is 219 Å². The number of benzene rings is 2. The fourth-order valence-corrected chi connectivity index (χ4v) is 5.16. The van der Waals surface area contributed by atoms with Crippen LogP contribution in [0.3, 0.4) is 0 Å². The van der Waals surface area contributed by atoms with E-state index in [4.69, 9.17) is 27.3 Å². The number of ether oxygens (including phenoxy) is 4. The van der Waals surface area contributed by atoms with Gasteiger partial charge in [0.2, 0.25) is 0 Å². The van der Waals surface area contributed by atoms with Gasteiger partial charge in [0.25, 0.3) is 20.2 Å². The van der Waals surface area contributed by atoms with E-state index < -0.39 is 50.4 Å². The van der Waals surface area contributed by atoms with Crippen molar-refractivity contribution in [2.24, 2.45) is 0 Å². The second-order valence-electron chi connectivity index (χ2n) is 9.24. The number of hydrogen-bond acceptors (Lipinski definition) is 10. The standard InChI is InChI=1S/C25H34O10S2/c1-25(2)32-23(21(34-36(3,26)27)17-30-15-19-11-7-5-8-12-19)24(33-25)22(35-37(4,28)29)18-31-16-20-13-9-6-10-14-20/h5-14,21-24H,15-18H2,1-4H3/t21-,22-,23-,24-/m1/s1. The van der Waals surface area contributed by atoms with Gasteiger partial charge < -0.3 is 18.9 Å². The third-order valence-corrected chi connectivity index (χ3v) is 6.47. The first kappa shape index (κ1) is 29.7. The van der Waals surface area contributed by atoms with E-state index in [9.17, 15) is 16.8 Å². The van der Waals surface area contributed by atoms with Gasteiger partial charge in [0.05, 0.1) is 38.9 Å². The first-order valence-electron chi connectivity index (χ1n) is 11.7. The lowest BCUT2D eigenvalue weighted by molar-refractivity contribution is -0.162. The van der Waals surface area contributed by atoms with E-state index in [1.165, 1.54) is 0 Å². The van der Waals surface area contributed by atoms with Gasteiger partial charge in [0.15, 0.2) is 5.79 Å². The van der Waals surface area contributed by atoms with E-state index in [-0.39, 0.29) is 26.4 Å². The summed E-state index contributed by atoms with van der Waals surface area (Å²) in [6, 6.07) is 18.7. The molecule has 0 unspecified atom stereocenters. The van der Waals surface area contributed by atoms with Gasteiger partial charge in [-0.1, -0.05) is 60.7 Å². The van der Waals surface area contributed by atoms with Crippen LogP contribution in [0.5, 0.6) is 0 Å². The number of hydrogen-bond donors (Lipinski definition) is 0. The van der Waals surface area contributed by atoms with E-state index in [0.29, 0.717) is 0 Å². The van der Waals surface area contributed by atoms with Gasteiger partial charge in [-0.25, -0.2) is 0 Å². The van der Waals surface area contributed by atoms with E-state index in [1.807, 2.05) is 60.7 Å². The van der Waals surface area contributed by atoms with Crippen molar-refractivity contribution < 1.29 is 44.1 Å². The Morgan fingerprint density at radius 3 is 1.38 bits per heavy atom. The van der Waals surface area contributed by atoms with Crippen molar-refractivity contribution in [2.45, 2.75) is 57.3 Å². The molecular weight excluding hydrogens is 524 g/mol. The molecule has 1 aliphatic heterocycles. The van der Waals surface area contributed by atoms with Crippen LogP contribution in [-0.4, -0.2) is 72.8 Å². The van der Waals surface area contributed by atoms with Crippen molar-refractivity contribution in [2.75, 3.05) is 25.7 Å². The van der Waals surface area contributed by atoms with Crippen molar-refractivity contribution in [1.29, 1.82) is 0 Å². The predicted octanol–water partition coefficient (Wildman–Crippen LogP) is 2.63. The van der Waals surface area contributed by atoms with Crippen molar-refractivity contribution in [3.63, 3.8) is 0 Å². The molecule has 0 N–H and O–H groups in total. The molecule has 0 amide bonds. The van der Waals surface area contributed by atoms with Crippen LogP contribution in [0.15, 0.2) is 60.7 Å². The van der Waals surface area contributed by atoms with Gasteiger partial charge >= 0.3 is 0 Å². The lowest BCUT2D eigenvalue weighted by atomic mass is 10.0. The lowest BCUT2D eigenvalue weighted by Crippen LogP contribution is -2.49. The van der Waals surface area contributed by atoms with Gasteiger partial charge in [-0.15, -0.1) is 0 Å². The molecule has 0 saturated carbocycles. The van der Waals surface area contributed by atoms with E-state index in [1.54, 1.807) is 13.8 Å². The van der Waals surface area contributed by atoms with Crippen molar-refractivity contribution in [3.8, 4) is 0 Å². The van der Waals surface area contributed by atoms with Crippen LogP contribution in [0.4, 0.5) is 0 Å². The maximum absolute atomic E-state index is 12.1. The first-order valence-corrected chi connectivity index (χ1v) is 15.3. The Balaban J connectivity index is 1.80. The summed E-state index contributed by atoms with van der Waals surface area (Å²) in [6.45, 7) is 3.33. The van der Waals surface area contributed by atoms with E-state index in [0.717, 1.165) is 23.6 Å². The van der Waals surface area contributed by atoms with Gasteiger partial charge in [-0.3, -0.25) is 8.37 Å². The van der Waals surface area contributed by atoms with Crippen LogP contribution in [-0.2, 0) is 60.8 Å². The Morgan fingerprint density at radius 2 is 1.05 bits per heavy atom. The molecule has 206 valence electrons. The molecule has 4 atom stereocenters. The van der Waals surface area contributed by atoms with E-state index in [2.05, 4.69) is 0 Å². The summed E-state index contributed by atoms with van der Waals surface area (Å²) in [7, 11) is -7.87. The average molecular weight is 559 g/mol. The zero-order chi connectivity index (χ0) is 27.1. The van der Waals surface area contributed by atoms with Crippen LogP contribution < -0.4 is 0 Å². The Hall–Kier alpha value is -1.90. The largest absolute Gasteiger partial charge is 0.374 e.